The topological polar surface area (TPSA) is 58.4 Å². The first-order valence-corrected chi connectivity index (χ1v) is 8.50. The second kappa shape index (κ2) is 6.77. The molecule has 0 spiro atoms. The van der Waals surface area contributed by atoms with E-state index >= 15 is 0 Å². The molecule has 1 aliphatic rings. The fraction of sp³-hybridized carbons (Fsp3) is 0.474. The van der Waals surface area contributed by atoms with Crippen LogP contribution < -0.4 is 0 Å². The van der Waals surface area contributed by atoms with Gasteiger partial charge in [0.05, 0.1) is 11.3 Å². The number of aromatic carboxylic acids is 1. The summed E-state index contributed by atoms with van der Waals surface area (Å²) in [6.45, 7) is 7.27. The van der Waals surface area contributed by atoms with Crippen LogP contribution in [0.5, 0.6) is 0 Å². The summed E-state index contributed by atoms with van der Waals surface area (Å²) >= 11 is 0. The largest absolute Gasteiger partial charge is 0.478 e. The van der Waals surface area contributed by atoms with Crippen molar-refractivity contribution < 1.29 is 9.90 Å². The number of hydrogen-bond acceptors (Lipinski definition) is 3. The van der Waals surface area contributed by atoms with Gasteiger partial charge in [-0.3, -0.25) is 9.58 Å². The summed E-state index contributed by atoms with van der Waals surface area (Å²) in [6, 6.07) is 7.37. The molecule has 0 saturated carbocycles. The molecule has 5 nitrogen and oxygen atoms in total. The van der Waals surface area contributed by atoms with Crippen LogP contribution in [0.1, 0.15) is 51.6 Å². The SMILES string of the molecule is Cc1nn(C)c(C)c1CN1CCC[C@@H](c2ccc(C(=O)O)cc2)C1. The van der Waals surface area contributed by atoms with Gasteiger partial charge in [0.15, 0.2) is 0 Å². The molecule has 5 heteroatoms. The number of piperidine rings is 1. The lowest BCUT2D eigenvalue weighted by molar-refractivity contribution is 0.0697. The highest BCUT2D eigenvalue weighted by molar-refractivity contribution is 5.87. The van der Waals surface area contributed by atoms with Crippen LogP contribution in [0.2, 0.25) is 0 Å². The molecule has 0 radical (unpaired) electrons. The summed E-state index contributed by atoms with van der Waals surface area (Å²) in [4.78, 5) is 13.5. The summed E-state index contributed by atoms with van der Waals surface area (Å²) in [5.41, 5.74) is 5.28. The van der Waals surface area contributed by atoms with Gasteiger partial charge in [0.1, 0.15) is 0 Å². The number of carboxylic acids is 1. The normalized spacial score (nSPS) is 18.7. The number of hydrogen-bond donors (Lipinski definition) is 1. The molecule has 24 heavy (non-hydrogen) atoms. The summed E-state index contributed by atoms with van der Waals surface area (Å²) in [6.07, 6.45) is 2.33. The number of aryl methyl sites for hydroxylation is 2. The molecule has 2 aromatic rings. The highest BCUT2D eigenvalue weighted by atomic mass is 16.4. The van der Waals surface area contributed by atoms with Crippen molar-refractivity contribution >= 4 is 5.97 Å². The van der Waals surface area contributed by atoms with Crippen LogP contribution in [0.4, 0.5) is 0 Å². The van der Waals surface area contributed by atoms with Gasteiger partial charge in [-0.2, -0.15) is 5.10 Å². The van der Waals surface area contributed by atoms with Crippen molar-refractivity contribution in [2.75, 3.05) is 13.1 Å². The third-order valence-electron chi connectivity index (χ3n) is 5.18. The van der Waals surface area contributed by atoms with E-state index in [-0.39, 0.29) is 0 Å². The molecule has 0 amide bonds. The standard InChI is InChI=1S/C19H25N3O2/c1-13-18(14(2)21(3)20-13)12-22-10-4-5-17(11-22)15-6-8-16(9-7-15)19(23)24/h6-9,17H,4-5,10-12H2,1-3H3,(H,23,24)/t17-/m1/s1. The Morgan fingerprint density at radius 3 is 2.58 bits per heavy atom. The van der Waals surface area contributed by atoms with Gasteiger partial charge in [0.25, 0.3) is 0 Å². The number of likely N-dealkylation sites (tertiary alicyclic amines) is 1. The third kappa shape index (κ3) is 3.36. The van der Waals surface area contributed by atoms with Gasteiger partial charge in [0.2, 0.25) is 0 Å². The minimum atomic E-state index is -0.866. The van der Waals surface area contributed by atoms with E-state index in [4.69, 9.17) is 5.11 Å². The summed E-state index contributed by atoms with van der Waals surface area (Å²) in [5.74, 6) is -0.395. The Balaban J connectivity index is 1.71. The van der Waals surface area contributed by atoms with Crippen LogP contribution in [-0.4, -0.2) is 38.8 Å². The van der Waals surface area contributed by atoms with E-state index in [1.54, 1.807) is 12.1 Å². The lowest BCUT2D eigenvalue weighted by Crippen LogP contribution is -2.34. The van der Waals surface area contributed by atoms with Crippen LogP contribution >= 0.6 is 0 Å². The zero-order chi connectivity index (χ0) is 17.3. The van der Waals surface area contributed by atoms with Gasteiger partial charge in [0, 0.05) is 31.4 Å². The first-order valence-electron chi connectivity index (χ1n) is 8.50. The molecule has 1 saturated heterocycles. The molecule has 1 fully saturated rings. The van der Waals surface area contributed by atoms with Gasteiger partial charge in [-0.1, -0.05) is 12.1 Å². The fourth-order valence-corrected chi connectivity index (χ4v) is 3.64. The van der Waals surface area contributed by atoms with E-state index in [2.05, 4.69) is 23.8 Å². The Kier molecular flexibility index (Phi) is 4.71. The summed E-state index contributed by atoms with van der Waals surface area (Å²) in [7, 11) is 1.99. The van der Waals surface area contributed by atoms with E-state index < -0.39 is 5.97 Å². The average molecular weight is 327 g/mol. The van der Waals surface area contributed by atoms with Crippen LogP contribution in [-0.2, 0) is 13.6 Å². The third-order valence-corrected chi connectivity index (χ3v) is 5.18. The van der Waals surface area contributed by atoms with Gasteiger partial charge in [-0.05, 0) is 56.8 Å². The van der Waals surface area contributed by atoms with Crippen LogP contribution in [0.25, 0.3) is 0 Å². The van der Waals surface area contributed by atoms with E-state index in [9.17, 15) is 4.79 Å². The van der Waals surface area contributed by atoms with Gasteiger partial charge < -0.3 is 5.11 Å². The molecule has 3 rings (SSSR count). The molecule has 1 atom stereocenters. The van der Waals surface area contributed by atoms with Crippen molar-refractivity contribution in [3.05, 3.63) is 52.3 Å². The number of carbonyl (C=O) groups is 1. The molecule has 128 valence electrons. The highest BCUT2D eigenvalue weighted by Crippen LogP contribution is 2.28. The lowest BCUT2D eigenvalue weighted by atomic mass is 9.90. The zero-order valence-electron chi connectivity index (χ0n) is 14.6. The Labute approximate surface area is 142 Å². The minimum Gasteiger partial charge on any atom is -0.478 e. The van der Waals surface area contributed by atoms with Gasteiger partial charge in [-0.15, -0.1) is 0 Å². The van der Waals surface area contributed by atoms with Crippen LogP contribution in [0.3, 0.4) is 0 Å². The molecule has 1 N–H and O–H groups in total. The van der Waals surface area contributed by atoms with E-state index in [0.717, 1.165) is 31.7 Å². The van der Waals surface area contributed by atoms with E-state index in [1.165, 1.54) is 23.2 Å². The maximum absolute atomic E-state index is 11.0. The van der Waals surface area contributed by atoms with Crippen molar-refractivity contribution in [1.29, 1.82) is 0 Å². The molecule has 1 aromatic carbocycles. The molecule has 1 aromatic heterocycles. The first-order chi connectivity index (χ1) is 11.5. The van der Waals surface area contributed by atoms with Crippen molar-refractivity contribution in [3.63, 3.8) is 0 Å². The second-order valence-electron chi connectivity index (χ2n) is 6.77. The first kappa shape index (κ1) is 16.7. The Hall–Kier alpha value is -2.14. The Morgan fingerprint density at radius 1 is 1.29 bits per heavy atom. The molecular weight excluding hydrogens is 302 g/mol. The van der Waals surface area contributed by atoms with Crippen molar-refractivity contribution in [2.45, 2.75) is 39.2 Å². The van der Waals surface area contributed by atoms with Gasteiger partial charge >= 0.3 is 5.97 Å². The Morgan fingerprint density at radius 2 is 2.00 bits per heavy atom. The maximum Gasteiger partial charge on any atom is 0.335 e. The molecular formula is C19H25N3O2. The smallest absolute Gasteiger partial charge is 0.335 e. The molecule has 1 aliphatic heterocycles. The molecule has 0 bridgehead atoms. The molecule has 0 aliphatic carbocycles. The number of benzene rings is 1. The predicted octanol–water partition coefficient (Wildman–Crippen LogP) is 3.11. The fourth-order valence-electron chi connectivity index (χ4n) is 3.64. The molecule has 0 unspecified atom stereocenters. The monoisotopic (exact) mass is 327 g/mol. The minimum absolute atomic E-state index is 0.355. The van der Waals surface area contributed by atoms with Crippen LogP contribution in [0.15, 0.2) is 24.3 Å². The van der Waals surface area contributed by atoms with Crippen LogP contribution in [0, 0.1) is 13.8 Å². The highest BCUT2D eigenvalue weighted by Gasteiger charge is 2.23. The zero-order valence-corrected chi connectivity index (χ0v) is 14.6. The number of rotatable bonds is 4. The molecule has 2 heterocycles. The second-order valence-corrected chi connectivity index (χ2v) is 6.77. The predicted molar refractivity (Wildman–Crippen MR) is 93.3 cm³/mol. The van der Waals surface area contributed by atoms with Crippen molar-refractivity contribution in [3.8, 4) is 0 Å². The van der Waals surface area contributed by atoms with Crippen molar-refractivity contribution in [2.24, 2.45) is 7.05 Å². The number of carboxylic acid groups (broad SMARTS) is 1. The number of nitrogens with zero attached hydrogens (tertiary/aromatic N) is 3. The quantitative estimate of drug-likeness (QED) is 0.937. The van der Waals surface area contributed by atoms with E-state index in [0.29, 0.717) is 11.5 Å². The Bertz CT molecular complexity index is 734. The van der Waals surface area contributed by atoms with Gasteiger partial charge in [-0.25, -0.2) is 4.79 Å². The number of aromatic nitrogens is 2. The van der Waals surface area contributed by atoms with E-state index in [1.807, 2.05) is 23.9 Å². The lowest BCUT2D eigenvalue weighted by Gasteiger charge is -2.33. The summed E-state index contributed by atoms with van der Waals surface area (Å²) < 4.78 is 1.96. The average Bonchev–Trinajstić information content (AvgIpc) is 2.81. The van der Waals surface area contributed by atoms with Crippen molar-refractivity contribution in [1.82, 2.24) is 14.7 Å². The maximum atomic E-state index is 11.0. The summed E-state index contributed by atoms with van der Waals surface area (Å²) in [5, 5.41) is 13.5.